The van der Waals surface area contributed by atoms with Gasteiger partial charge >= 0.3 is 0 Å². The number of sulfonamides is 1. The summed E-state index contributed by atoms with van der Waals surface area (Å²) in [6, 6.07) is 5.99. The minimum atomic E-state index is -3.62. The number of benzene rings is 1. The van der Waals surface area contributed by atoms with Gasteiger partial charge in [0.05, 0.1) is 9.90 Å². The maximum atomic E-state index is 12.7. The summed E-state index contributed by atoms with van der Waals surface area (Å²) in [5.41, 5.74) is 1.55. The zero-order valence-electron chi connectivity index (χ0n) is 16.8. The van der Waals surface area contributed by atoms with E-state index in [9.17, 15) is 13.2 Å². The van der Waals surface area contributed by atoms with Crippen LogP contribution in [0, 0.1) is 12.8 Å². The number of amides is 1. The summed E-state index contributed by atoms with van der Waals surface area (Å²) >= 11 is 1.66. The van der Waals surface area contributed by atoms with Crippen molar-refractivity contribution >= 4 is 33.1 Å². The minimum Gasteiger partial charge on any atom is -0.354 e. The molecule has 1 aliphatic heterocycles. The fourth-order valence-electron chi connectivity index (χ4n) is 3.11. The predicted molar refractivity (Wildman–Crippen MR) is 115 cm³/mol. The van der Waals surface area contributed by atoms with E-state index in [4.69, 9.17) is 0 Å². The van der Waals surface area contributed by atoms with Crippen molar-refractivity contribution in [1.29, 1.82) is 0 Å². The van der Waals surface area contributed by atoms with Crippen LogP contribution in [0.25, 0.3) is 0 Å². The molecular formula is C20H26N4O3S2. The molecule has 2 heterocycles. The Kier molecular flexibility index (Phi) is 6.69. The normalized spacial score (nSPS) is 17.2. The maximum absolute atomic E-state index is 12.7. The van der Waals surface area contributed by atoms with Crippen LogP contribution in [0.1, 0.15) is 43.0 Å². The average molecular weight is 435 g/mol. The molecule has 1 aromatic carbocycles. The van der Waals surface area contributed by atoms with Gasteiger partial charge in [0.1, 0.15) is 11.9 Å². The van der Waals surface area contributed by atoms with Gasteiger partial charge < -0.3 is 5.32 Å². The van der Waals surface area contributed by atoms with Crippen molar-refractivity contribution < 1.29 is 13.2 Å². The Balaban J connectivity index is 1.60. The zero-order valence-corrected chi connectivity index (χ0v) is 18.4. The van der Waals surface area contributed by atoms with Crippen LogP contribution < -0.4 is 10.0 Å². The number of nitrogens with one attached hydrogen (secondary N) is 2. The number of aryl methyl sites for hydroxylation is 2. The lowest BCUT2D eigenvalue weighted by atomic mass is 10.0. The standard InChI is InChI=1S/C20H26N4O3S2/c1-13(2)18(20(25)21-11-7-6-10-17-22-14(3)12-28-17)23-19-15-8-4-5-9-16(15)29(26,27)24-19/h4-5,8-9,12-13,18H,6-7,10-11H2,1-3H3,(H,21,25)(H,23,24)/t18-/m0/s1. The highest BCUT2D eigenvalue weighted by molar-refractivity contribution is 7.90. The molecule has 1 aliphatic rings. The van der Waals surface area contributed by atoms with Crippen molar-refractivity contribution in [2.45, 2.75) is 51.0 Å². The van der Waals surface area contributed by atoms with E-state index in [1.807, 2.05) is 26.2 Å². The van der Waals surface area contributed by atoms with Crippen LogP contribution >= 0.6 is 11.3 Å². The molecule has 0 aliphatic carbocycles. The largest absolute Gasteiger partial charge is 0.354 e. The smallest absolute Gasteiger partial charge is 0.263 e. The number of thiazole rings is 1. The van der Waals surface area contributed by atoms with Gasteiger partial charge in [-0.1, -0.05) is 26.0 Å². The Hall–Kier alpha value is -2.26. The molecule has 0 radical (unpaired) electrons. The first-order valence-electron chi connectivity index (χ1n) is 9.66. The Labute approximate surface area is 175 Å². The number of carbonyl (C=O) groups is 1. The van der Waals surface area contributed by atoms with E-state index in [-0.39, 0.29) is 22.6 Å². The number of aliphatic imine (C=N–C) groups is 1. The summed E-state index contributed by atoms with van der Waals surface area (Å²) in [5, 5.41) is 6.09. The fraction of sp³-hybridized carbons (Fsp3) is 0.450. The number of rotatable bonds is 8. The van der Waals surface area contributed by atoms with E-state index in [1.165, 1.54) is 6.07 Å². The van der Waals surface area contributed by atoms with Gasteiger partial charge in [0.2, 0.25) is 5.91 Å². The van der Waals surface area contributed by atoms with Crippen LogP contribution in [0.5, 0.6) is 0 Å². The molecule has 0 bridgehead atoms. The third kappa shape index (κ3) is 5.22. The van der Waals surface area contributed by atoms with Crippen LogP contribution in [-0.2, 0) is 21.2 Å². The van der Waals surface area contributed by atoms with Gasteiger partial charge in [0, 0.05) is 23.2 Å². The van der Waals surface area contributed by atoms with Crippen molar-refractivity contribution in [1.82, 2.24) is 15.0 Å². The fourth-order valence-corrected chi connectivity index (χ4v) is 5.17. The lowest BCUT2D eigenvalue weighted by Gasteiger charge is -2.17. The van der Waals surface area contributed by atoms with Crippen LogP contribution in [0.3, 0.4) is 0 Å². The van der Waals surface area contributed by atoms with E-state index in [1.54, 1.807) is 29.5 Å². The Morgan fingerprint density at radius 3 is 2.72 bits per heavy atom. The maximum Gasteiger partial charge on any atom is 0.263 e. The Morgan fingerprint density at radius 1 is 1.28 bits per heavy atom. The number of unbranched alkanes of at least 4 members (excludes halogenated alkanes) is 1. The van der Waals surface area contributed by atoms with Crippen molar-refractivity contribution in [3.63, 3.8) is 0 Å². The molecule has 2 aromatic rings. The third-order valence-electron chi connectivity index (χ3n) is 4.61. The highest BCUT2D eigenvalue weighted by Gasteiger charge is 2.32. The highest BCUT2D eigenvalue weighted by Crippen LogP contribution is 2.23. The molecule has 1 atom stereocenters. The van der Waals surface area contributed by atoms with Crippen LogP contribution in [-0.4, -0.2) is 37.7 Å². The second-order valence-corrected chi connectivity index (χ2v) is 9.99. The van der Waals surface area contributed by atoms with Gasteiger partial charge in [-0.05, 0) is 44.2 Å². The summed E-state index contributed by atoms with van der Waals surface area (Å²) in [6.45, 7) is 6.33. The van der Waals surface area contributed by atoms with Crippen molar-refractivity contribution in [2.24, 2.45) is 10.9 Å². The first-order valence-corrected chi connectivity index (χ1v) is 12.0. The SMILES string of the molecule is Cc1csc(CCCCNC(=O)[C@@H](N=C2NS(=O)(=O)c3ccccc32)C(C)C)n1. The molecule has 0 fully saturated rings. The van der Waals surface area contributed by atoms with E-state index < -0.39 is 16.1 Å². The van der Waals surface area contributed by atoms with Gasteiger partial charge in [-0.3, -0.25) is 14.5 Å². The molecule has 3 rings (SSSR count). The molecule has 0 saturated carbocycles. The van der Waals surface area contributed by atoms with E-state index in [2.05, 4.69) is 20.0 Å². The number of carbonyl (C=O) groups excluding carboxylic acids is 1. The lowest BCUT2D eigenvalue weighted by Crippen LogP contribution is -2.39. The van der Waals surface area contributed by atoms with Gasteiger partial charge in [-0.2, -0.15) is 0 Å². The number of fused-ring (bicyclic) bond motifs is 1. The van der Waals surface area contributed by atoms with Gasteiger partial charge in [-0.25, -0.2) is 13.4 Å². The van der Waals surface area contributed by atoms with Gasteiger partial charge in [0.25, 0.3) is 10.0 Å². The molecule has 7 nitrogen and oxygen atoms in total. The first-order chi connectivity index (χ1) is 13.8. The summed E-state index contributed by atoms with van der Waals surface area (Å²) < 4.78 is 27.0. The van der Waals surface area contributed by atoms with Gasteiger partial charge in [-0.15, -0.1) is 11.3 Å². The van der Waals surface area contributed by atoms with E-state index >= 15 is 0 Å². The molecular weight excluding hydrogens is 408 g/mol. The predicted octanol–water partition coefficient (Wildman–Crippen LogP) is 2.65. The van der Waals surface area contributed by atoms with Crippen LogP contribution in [0.4, 0.5) is 0 Å². The number of amidine groups is 1. The number of hydrogen-bond donors (Lipinski definition) is 2. The molecule has 2 N–H and O–H groups in total. The summed E-state index contributed by atoms with van der Waals surface area (Å²) in [4.78, 5) is 21.8. The zero-order chi connectivity index (χ0) is 21.0. The van der Waals surface area contributed by atoms with Crippen molar-refractivity contribution in [2.75, 3.05) is 6.54 Å². The van der Waals surface area contributed by atoms with Crippen molar-refractivity contribution in [3.8, 4) is 0 Å². The summed E-state index contributed by atoms with van der Waals surface area (Å²) in [5.74, 6) is -0.0344. The lowest BCUT2D eigenvalue weighted by molar-refractivity contribution is -0.123. The molecule has 1 amide bonds. The molecule has 0 saturated heterocycles. The van der Waals surface area contributed by atoms with Crippen LogP contribution in [0.15, 0.2) is 39.5 Å². The van der Waals surface area contributed by atoms with Crippen LogP contribution in [0.2, 0.25) is 0 Å². The monoisotopic (exact) mass is 434 g/mol. The molecule has 156 valence electrons. The second-order valence-electron chi connectivity index (χ2n) is 7.40. The molecule has 0 spiro atoms. The summed E-state index contributed by atoms with van der Waals surface area (Å²) in [6.07, 6.45) is 2.70. The molecule has 29 heavy (non-hydrogen) atoms. The second kappa shape index (κ2) is 9.04. The van der Waals surface area contributed by atoms with Gasteiger partial charge in [0.15, 0.2) is 0 Å². The molecule has 0 unspecified atom stereocenters. The van der Waals surface area contributed by atoms with Crippen molar-refractivity contribution in [3.05, 3.63) is 45.9 Å². The molecule has 1 aromatic heterocycles. The van der Waals surface area contributed by atoms with E-state index in [0.717, 1.165) is 30.0 Å². The highest BCUT2D eigenvalue weighted by atomic mass is 32.2. The number of aromatic nitrogens is 1. The Bertz CT molecular complexity index is 1010. The average Bonchev–Trinajstić information content (AvgIpc) is 3.20. The third-order valence-corrected chi connectivity index (χ3v) is 7.04. The minimum absolute atomic E-state index is 0.0712. The topological polar surface area (TPSA) is 101 Å². The molecule has 9 heteroatoms. The number of hydrogen-bond acceptors (Lipinski definition) is 6. The first kappa shape index (κ1) is 21.4. The summed E-state index contributed by atoms with van der Waals surface area (Å²) in [7, 11) is -3.62. The van der Waals surface area contributed by atoms with E-state index in [0.29, 0.717) is 12.1 Å². The quantitative estimate of drug-likeness (QED) is 0.624. The number of nitrogens with zero attached hydrogens (tertiary/aromatic N) is 2. The Morgan fingerprint density at radius 2 is 2.03 bits per heavy atom.